The first-order valence-corrected chi connectivity index (χ1v) is 10.6. The quantitative estimate of drug-likeness (QED) is 0.387. The van der Waals surface area contributed by atoms with Crippen LogP contribution in [-0.4, -0.2) is 67.5 Å². The highest BCUT2D eigenvalue weighted by atomic mass is 16.5. The van der Waals surface area contributed by atoms with Gasteiger partial charge in [-0.2, -0.15) is 0 Å². The molecule has 1 saturated heterocycles. The van der Waals surface area contributed by atoms with E-state index in [1.165, 1.54) is 4.90 Å². The number of aryl methyl sites for hydroxylation is 1. The van der Waals surface area contributed by atoms with Crippen LogP contribution in [0.5, 0.6) is 11.5 Å². The zero-order valence-electron chi connectivity index (χ0n) is 19.2. The summed E-state index contributed by atoms with van der Waals surface area (Å²) in [5.41, 5.74) is 2.07. The first-order chi connectivity index (χ1) is 15.3. The molecule has 1 aliphatic rings. The largest absolute Gasteiger partial charge is 0.507 e. The van der Waals surface area contributed by atoms with Crippen LogP contribution in [-0.2, 0) is 9.59 Å². The standard InChI is InChI=1S/C25H30N2O5/c1-6-32-19-11-12-20(16(2)15-19)23(28)21-22(17-7-9-18(31-5)10-8-17)27(14-13-26(3)4)25(30)24(21)29/h7-12,15,22,28H,6,13-14H2,1-5H3/t22-/m0/s1. The summed E-state index contributed by atoms with van der Waals surface area (Å²) in [6.07, 6.45) is 0. The number of likely N-dealkylation sites (tertiary alicyclic amines) is 1. The van der Waals surface area contributed by atoms with Gasteiger partial charge in [-0.05, 0) is 69.4 Å². The molecule has 1 fully saturated rings. The van der Waals surface area contributed by atoms with Gasteiger partial charge in [-0.3, -0.25) is 9.59 Å². The molecule has 170 valence electrons. The predicted molar refractivity (Wildman–Crippen MR) is 123 cm³/mol. The number of carbonyl (C=O) groups excluding carboxylic acids is 2. The molecule has 2 aromatic carbocycles. The lowest BCUT2D eigenvalue weighted by Crippen LogP contribution is -2.35. The van der Waals surface area contributed by atoms with Crippen molar-refractivity contribution in [1.29, 1.82) is 0 Å². The molecule has 1 atom stereocenters. The molecule has 2 aromatic rings. The number of aliphatic hydroxyl groups excluding tert-OH is 1. The van der Waals surface area contributed by atoms with Crippen molar-refractivity contribution in [2.75, 3.05) is 40.9 Å². The second kappa shape index (κ2) is 9.87. The summed E-state index contributed by atoms with van der Waals surface area (Å²) in [5, 5.41) is 11.2. The van der Waals surface area contributed by atoms with Crippen LogP contribution < -0.4 is 9.47 Å². The van der Waals surface area contributed by atoms with E-state index in [0.29, 0.717) is 36.8 Å². The fourth-order valence-electron chi connectivity index (χ4n) is 3.85. The van der Waals surface area contributed by atoms with Crippen molar-refractivity contribution >= 4 is 17.4 Å². The SMILES string of the molecule is CCOc1ccc(C(O)=C2C(=O)C(=O)N(CCN(C)C)[C@H]2c2ccc(OC)cc2)c(C)c1. The van der Waals surface area contributed by atoms with E-state index in [4.69, 9.17) is 9.47 Å². The number of hydrogen-bond acceptors (Lipinski definition) is 6. The van der Waals surface area contributed by atoms with Gasteiger partial charge in [0.25, 0.3) is 11.7 Å². The average molecular weight is 439 g/mol. The first kappa shape index (κ1) is 23.3. The Morgan fingerprint density at radius 2 is 1.75 bits per heavy atom. The maximum absolute atomic E-state index is 13.1. The number of likely N-dealkylation sites (N-methyl/N-ethyl adjacent to an activating group) is 1. The van der Waals surface area contributed by atoms with Gasteiger partial charge in [0, 0.05) is 18.7 Å². The number of nitrogens with zero attached hydrogens (tertiary/aromatic N) is 2. The maximum atomic E-state index is 13.1. The minimum Gasteiger partial charge on any atom is -0.507 e. The van der Waals surface area contributed by atoms with Crippen LogP contribution in [0, 0.1) is 6.92 Å². The van der Waals surface area contributed by atoms with Crippen molar-refractivity contribution in [3.05, 3.63) is 64.7 Å². The summed E-state index contributed by atoms with van der Waals surface area (Å²) in [7, 11) is 5.39. The molecule has 32 heavy (non-hydrogen) atoms. The third-order valence-electron chi connectivity index (χ3n) is 5.52. The molecule has 1 heterocycles. The van der Waals surface area contributed by atoms with E-state index in [9.17, 15) is 14.7 Å². The summed E-state index contributed by atoms with van der Waals surface area (Å²) in [5.74, 6) is -0.133. The van der Waals surface area contributed by atoms with Crippen LogP contribution in [0.15, 0.2) is 48.0 Å². The topological polar surface area (TPSA) is 79.3 Å². The highest BCUT2D eigenvalue weighted by Gasteiger charge is 2.46. The van der Waals surface area contributed by atoms with Crippen molar-refractivity contribution < 1.29 is 24.2 Å². The van der Waals surface area contributed by atoms with Crippen molar-refractivity contribution in [1.82, 2.24) is 9.80 Å². The lowest BCUT2D eigenvalue weighted by atomic mass is 9.94. The number of ether oxygens (including phenoxy) is 2. The molecule has 0 radical (unpaired) electrons. The van der Waals surface area contributed by atoms with Crippen molar-refractivity contribution in [2.45, 2.75) is 19.9 Å². The molecular formula is C25H30N2O5. The van der Waals surface area contributed by atoms with Gasteiger partial charge in [-0.1, -0.05) is 12.1 Å². The molecule has 0 spiro atoms. The zero-order chi connectivity index (χ0) is 23.4. The highest BCUT2D eigenvalue weighted by Crippen LogP contribution is 2.40. The molecule has 1 aliphatic heterocycles. The molecule has 3 rings (SSSR count). The molecule has 0 bridgehead atoms. The van der Waals surface area contributed by atoms with Crippen LogP contribution in [0.1, 0.15) is 29.7 Å². The summed E-state index contributed by atoms with van der Waals surface area (Å²) in [4.78, 5) is 29.5. The van der Waals surface area contributed by atoms with Crippen LogP contribution >= 0.6 is 0 Å². The van der Waals surface area contributed by atoms with E-state index < -0.39 is 17.7 Å². The van der Waals surface area contributed by atoms with E-state index in [0.717, 1.165) is 11.1 Å². The fraction of sp³-hybridized carbons (Fsp3) is 0.360. The molecular weight excluding hydrogens is 408 g/mol. The lowest BCUT2D eigenvalue weighted by Gasteiger charge is -2.26. The molecule has 0 aromatic heterocycles. The van der Waals surface area contributed by atoms with Crippen LogP contribution in [0.2, 0.25) is 0 Å². The van der Waals surface area contributed by atoms with Crippen LogP contribution in [0.4, 0.5) is 0 Å². The summed E-state index contributed by atoms with van der Waals surface area (Å²) in [6.45, 7) is 5.20. The van der Waals surface area contributed by atoms with Crippen molar-refractivity contribution in [3.63, 3.8) is 0 Å². The second-order valence-electron chi connectivity index (χ2n) is 7.98. The Morgan fingerprint density at radius 3 is 2.31 bits per heavy atom. The molecule has 0 aliphatic carbocycles. The monoisotopic (exact) mass is 438 g/mol. The van der Waals surface area contributed by atoms with Gasteiger partial charge in [-0.25, -0.2) is 0 Å². The summed E-state index contributed by atoms with van der Waals surface area (Å²) in [6, 6.07) is 11.8. The number of rotatable bonds is 8. The molecule has 1 amide bonds. The van der Waals surface area contributed by atoms with Gasteiger partial charge in [-0.15, -0.1) is 0 Å². The van der Waals surface area contributed by atoms with E-state index in [1.807, 2.05) is 51.0 Å². The van der Waals surface area contributed by atoms with Gasteiger partial charge in [0.15, 0.2) is 0 Å². The van der Waals surface area contributed by atoms with Crippen LogP contribution in [0.25, 0.3) is 5.76 Å². The van der Waals surface area contributed by atoms with Gasteiger partial charge in [0.2, 0.25) is 0 Å². The number of methoxy groups -OCH3 is 1. The highest BCUT2D eigenvalue weighted by molar-refractivity contribution is 6.46. The maximum Gasteiger partial charge on any atom is 0.295 e. The average Bonchev–Trinajstić information content (AvgIpc) is 3.02. The van der Waals surface area contributed by atoms with Gasteiger partial charge in [0.05, 0.1) is 25.3 Å². The molecule has 1 N–H and O–H groups in total. The fourth-order valence-corrected chi connectivity index (χ4v) is 3.85. The van der Waals surface area contributed by atoms with Crippen LogP contribution in [0.3, 0.4) is 0 Å². The Kier molecular flexibility index (Phi) is 7.20. The summed E-state index contributed by atoms with van der Waals surface area (Å²) < 4.78 is 10.8. The summed E-state index contributed by atoms with van der Waals surface area (Å²) >= 11 is 0. The molecule has 0 saturated carbocycles. The van der Waals surface area contributed by atoms with Crippen molar-refractivity contribution in [3.8, 4) is 11.5 Å². The Morgan fingerprint density at radius 1 is 1.09 bits per heavy atom. The smallest absolute Gasteiger partial charge is 0.295 e. The molecule has 7 nitrogen and oxygen atoms in total. The molecule has 0 unspecified atom stereocenters. The Balaban J connectivity index is 2.13. The number of benzene rings is 2. The second-order valence-corrected chi connectivity index (χ2v) is 7.98. The Hall–Kier alpha value is -3.32. The van der Waals surface area contributed by atoms with E-state index in [1.54, 1.807) is 31.4 Å². The van der Waals surface area contributed by atoms with Gasteiger partial charge in [0.1, 0.15) is 17.3 Å². The minimum absolute atomic E-state index is 0.0891. The molecule has 7 heteroatoms. The number of ketones is 1. The third-order valence-corrected chi connectivity index (χ3v) is 5.52. The van der Waals surface area contributed by atoms with Crippen molar-refractivity contribution in [2.24, 2.45) is 0 Å². The number of amides is 1. The van der Waals surface area contributed by atoms with Gasteiger partial charge < -0.3 is 24.4 Å². The number of Topliss-reactive ketones (excluding diaryl/α,β-unsaturated/α-hetero) is 1. The van der Waals surface area contributed by atoms with Gasteiger partial charge >= 0.3 is 0 Å². The zero-order valence-corrected chi connectivity index (χ0v) is 19.2. The first-order valence-electron chi connectivity index (χ1n) is 10.6. The Labute approximate surface area is 188 Å². The predicted octanol–water partition coefficient (Wildman–Crippen LogP) is 3.39. The minimum atomic E-state index is -0.688. The number of aliphatic hydroxyl groups is 1. The Bertz CT molecular complexity index is 1030. The lowest BCUT2D eigenvalue weighted by molar-refractivity contribution is -0.140. The number of carbonyl (C=O) groups is 2. The third kappa shape index (κ3) is 4.62. The van der Waals surface area contributed by atoms with E-state index >= 15 is 0 Å². The van der Waals surface area contributed by atoms with E-state index in [-0.39, 0.29) is 11.3 Å². The normalized spacial score (nSPS) is 17.8. The van der Waals surface area contributed by atoms with E-state index in [2.05, 4.69) is 0 Å². The number of hydrogen-bond donors (Lipinski definition) is 1.